The van der Waals surface area contributed by atoms with Gasteiger partial charge < -0.3 is 31.6 Å². The molecule has 0 heterocycles. The monoisotopic (exact) mass is 626 g/mol. The molecule has 0 atom stereocenters. The van der Waals surface area contributed by atoms with E-state index in [4.69, 9.17) is 20.9 Å². The fraction of sp³-hybridized carbons (Fsp3) is 0. The maximum Gasteiger partial charge on any atom is 0.153 e. The fourth-order valence-corrected chi connectivity index (χ4v) is 4.48. The summed E-state index contributed by atoms with van der Waals surface area (Å²) in [5, 5.41) is 45.2. The van der Waals surface area contributed by atoms with Gasteiger partial charge in [-0.25, -0.2) is 0 Å². The number of nitrogen functional groups attached to an aromatic ring is 2. The molecule has 0 saturated heterocycles. The number of hydrogen-bond donors (Lipinski definition) is 4. The number of benzene rings is 5. The van der Waals surface area contributed by atoms with Crippen molar-refractivity contribution < 1.29 is 9.47 Å². The van der Waals surface area contributed by atoms with Gasteiger partial charge in [0, 0.05) is 33.9 Å². The Morgan fingerprint density at radius 1 is 0.417 bits per heavy atom. The van der Waals surface area contributed by atoms with Gasteiger partial charge in [-0.15, -0.1) is 0 Å². The summed E-state index contributed by atoms with van der Waals surface area (Å²) in [5.41, 5.74) is 15.4. The first-order valence-electron chi connectivity index (χ1n) is 14.4. The molecule has 230 valence electrons. The van der Waals surface area contributed by atoms with Crippen LogP contribution in [0.1, 0.15) is 11.1 Å². The van der Waals surface area contributed by atoms with E-state index in [1.165, 1.54) is 0 Å². The van der Waals surface area contributed by atoms with E-state index in [1.807, 2.05) is 24.3 Å². The zero-order chi connectivity index (χ0) is 33.9. The van der Waals surface area contributed by atoms with Crippen molar-refractivity contribution in [3.05, 3.63) is 144 Å². The SMILES string of the molecule is N#CC(C#N)=C(Nc1ccc(Oc2ccc(N)cc2)cc1)c1ccc(C(Nc2ccc(Oc3ccc(N)cc3)cc2)=C(C#N)C#N)cc1. The highest BCUT2D eigenvalue weighted by atomic mass is 16.5. The van der Waals surface area contributed by atoms with Crippen LogP contribution < -0.4 is 31.6 Å². The average Bonchev–Trinajstić information content (AvgIpc) is 3.12. The van der Waals surface area contributed by atoms with E-state index in [0.717, 1.165) is 0 Å². The molecule has 0 saturated carbocycles. The summed E-state index contributed by atoms with van der Waals surface area (Å²) in [6.45, 7) is 0. The topological polar surface area (TPSA) is 190 Å². The van der Waals surface area contributed by atoms with Gasteiger partial charge in [0.2, 0.25) is 0 Å². The lowest BCUT2D eigenvalue weighted by atomic mass is 10.0. The molecule has 0 aromatic heterocycles. The lowest BCUT2D eigenvalue weighted by Crippen LogP contribution is -2.04. The van der Waals surface area contributed by atoms with Crippen LogP contribution in [0.4, 0.5) is 22.7 Å². The summed E-state index contributed by atoms with van der Waals surface area (Å²) in [6, 6.07) is 42.6. The Kier molecular flexibility index (Phi) is 9.84. The molecule has 0 aliphatic rings. The minimum Gasteiger partial charge on any atom is -0.457 e. The number of ether oxygens (including phenoxy) is 2. The largest absolute Gasteiger partial charge is 0.457 e. The summed E-state index contributed by atoms with van der Waals surface area (Å²) >= 11 is 0. The van der Waals surface area contributed by atoms with Crippen molar-refractivity contribution in [1.29, 1.82) is 21.0 Å². The molecule has 5 aromatic carbocycles. The highest BCUT2D eigenvalue weighted by Gasteiger charge is 2.14. The van der Waals surface area contributed by atoms with Crippen molar-refractivity contribution in [2.45, 2.75) is 0 Å². The van der Waals surface area contributed by atoms with Crippen LogP contribution in [0, 0.1) is 45.3 Å². The van der Waals surface area contributed by atoms with E-state index >= 15 is 0 Å². The number of nitrogens with zero attached hydrogens (tertiary/aromatic N) is 4. The maximum atomic E-state index is 9.72. The van der Waals surface area contributed by atoms with Crippen molar-refractivity contribution in [2.75, 3.05) is 22.1 Å². The number of nitrogens with one attached hydrogen (secondary N) is 2. The molecule has 5 rings (SSSR count). The van der Waals surface area contributed by atoms with E-state index in [1.54, 1.807) is 121 Å². The zero-order valence-corrected chi connectivity index (χ0v) is 25.3. The van der Waals surface area contributed by atoms with Gasteiger partial charge >= 0.3 is 0 Å². The molecule has 0 aliphatic heterocycles. The lowest BCUT2D eigenvalue weighted by Gasteiger charge is -2.15. The van der Waals surface area contributed by atoms with Crippen molar-refractivity contribution in [1.82, 2.24) is 0 Å². The number of nitriles is 4. The van der Waals surface area contributed by atoms with Crippen molar-refractivity contribution in [3.8, 4) is 47.3 Å². The molecule has 0 spiro atoms. The van der Waals surface area contributed by atoms with Crippen molar-refractivity contribution >= 4 is 34.1 Å². The normalized spacial score (nSPS) is 9.75. The van der Waals surface area contributed by atoms with Crippen LogP contribution in [0.2, 0.25) is 0 Å². The Balaban J connectivity index is 1.35. The Morgan fingerprint density at radius 3 is 0.958 bits per heavy atom. The predicted molar refractivity (Wildman–Crippen MR) is 185 cm³/mol. The van der Waals surface area contributed by atoms with Gasteiger partial charge in [-0.1, -0.05) is 24.3 Å². The van der Waals surface area contributed by atoms with Gasteiger partial charge in [0.25, 0.3) is 0 Å². The van der Waals surface area contributed by atoms with Crippen molar-refractivity contribution in [3.63, 3.8) is 0 Å². The van der Waals surface area contributed by atoms with Gasteiger partial charge in [0.15, 0.2) is 11.1 Å². The second-order valence-electron chi connectivity index (χ2n) is 10.2. The van der Waals surface area contributed by atoms with Crippen LogP contribution in [0.25, 0.3) is 11.4 Å². The molecule has 10 nitrogen and oxygen atoms in total. The molecule has 0 fully saturated rings. The highest BCUT2D eigenvalue weighted by molar-refractivity contribution is 5.87. The first-order chi connectivity index (χ1) is 23.4. The van der Waals surface area contributed by atoms with E-state index in [9.17, 15) is 21.0 Å². The molecule has 10 heteroatoms. The molecule has 5 aromatic rings. The third kappa shape index (κ3) is 7.88. The third-order valence-electron chi connectivity index (χ3n) is 6.89. The highest BCUT2D eigenvalue weighted by Crippen LogP contribution is 2.30. The molecular formula is C38H26N8O2. The smallest absolute Gasteiger partial charge is 0.153 e. The lowest BCUT2D eigenvalue weighted by molar-refractivity contribution is 0.482. The molecule has 0 radical (unpaired) electrons. The summed E-state index contributed by atoms with van der Waals surface area (Å²) in [5.74, 6) is 2.42. The summed E-state index contributed by atoms with van der Waals surface area (Å²) in [4.78, 5) is 0. The van der Waals surface area contributed by atoms with Gasteiger partial charge in [-0.3, -0.25) is 0 Å². The van der Waals surface area contributed by atoms with Crippen LogP contribution in [0.15, 0.2) is 132 Å². The second-order valence-corrected chi connectivity index (χ2v) is 10.2. The van der Waals surface area contributed by atoms with Crippen LogP contribution in [-0.4, -0.2) is 0 Å². The van der Waals surface area contributed by atoms with Gasteiger partial charge in [0.1, 0.15) is 47.3 Å². The summed E-state index contributed by atoms with van der Waals surface area (Å²) < 4.78 is 11.7. The van der Waals surface area contributed by atoms with Crippen molar-refractivity contribution in [2.24, 2.45) is 0 Å². The Bertz CT molecular complexity index is 1950. The second kappa shape index (κ2) is 14.9. The molecule has 48 heavy (non-hydrogen) atoms. The first-order valence-corrected chi connectivity index (χ1v) is 14.4. The summed E-state index contributed by atoms with van der Waals surface area (Å²) in [6.07, 6.45) is 0. The zero-order valence-electron chi connectivity index (χ0n) is 25.3. The van der Waals surface area contributed by atoms with E-state index in [0.29, 0.717) is 56.9 Å². The maximum absolute atomic E-state index is 9.72. The standard InChI is InChI=1S/C38H26N8O2/c39-21-27(22-40)37(45-31-9-17-35(18-10-31)47-33-13-5-29(43)6-14-33)25-1-2-26(4-3-25)38(28(23-41)24-42)46-32-11-19-36(20-12-32)48-34-15-7-30(44)8-16-34/h1-20,45-46H,43-44H2. The van der Waals surface area contributed by atoms with Crippen LogP contribution in [0.5, 0.6) is 23.0 Å². The molecule has 0 unspecified atom stereocenters. The van der Waals surface area contributed by atoms with Crippen LogP contribution in [-0.2, 0) is 0 Å². The molecule has 0 bridgehead atoms. The Morgan fingerprint density at radius 2 is 0.688 bits per heavy atom. The van der Waals surface area contributed by atoms with Crippen LogP contribution >= 0.6 is 0 Å². The third-order valence-corrected chi connectivity index (χ3v) is 6.89. The fourth-order valence-electron chi connectivity index (χ4n) is 4.48. The summed E-state index contributed by atoms with van der Waals surface area (Å²) in [7, 11) is 0. The first kappa shape index (κ1) is 31.8. The molecule has 6 N–H and O–H groups in total. The van der Waals surface area contributed by atoms with Crippen LogP contribution in [0.3, 0.4) is 0 Å². The average molecular weight is 627 g/mol. The number of hydrogen-bond acceptors (Lipinski definition) is 10. The number of rotatable bonds is 10. The quantitative estimate of drug-likeness (QED) is 0.0868. The van der Waals surface area contributed by atoms with Gasteiger partial charge in [-0.05, 0) is 97.1 Å². The van der Waals surface area contributed by atoms with Gasteiger partial charge in [-0.2, -0.15) is 21.0 Å². The predicted octanol–water partition coefficient (Wildman–Crippen LogP) is 8.18. The number of anilines is 4. The Hall–Kier alpha value is -7.66. The molecule has 0 aliphatic carbocycles. The Labute approximate surface area is 277 Å². The minimum atomic E-state index is -0.130. The van der Waals surface area contributed by atoms with E-state index < -0.39 is 0 Å². The van der Waals surface area contributed by atoms with Gasteiger partial charge in [0.05, 0.1) is 11.4 Å². The number of allylic oxidation sites excluding steroid dienone is 2. The van der Waals surface area contributed by atoms with E-state index in [2.05, 4.69) is 10.6 Å². The minimum absolute atomic E-state index is 0.130. The molecule has 0 amide bonds. The van der Waals surface area contributed by atoms with E-state index in [-0.39, 0.29) is 22.5 Å². The molecular weight excluding hydrogens is 600 g/mol. The number of nitrogens with two attached hydrogens (primary N) is 2.